The van der Waals surface area contributed by atoms with Crippen molar-refractivity contribution < 1.29 is 9.53 Å². The first kappa shape index (κ1) is 11.8. The number of rotatable bonds is 3. The topological polar surface area (TPSA) is 44.1 Å². The highest BCUT2D eigenvalue weighted by molar-refractivity contribution is 6.01. The Kier molecular flexibility index (Phi) is 3.17. The highest BCUT2D eigenvalue weighted by Crippen LogP contribution is 2.26. The minimum absolute atomic E-state index is 0.0547. The van der Waals surface area contributed by atoms with Crippen LogP contribution < -0.4 is 4.74 Å². The average molecular weight is 210 g/mol. The van der Waals surface area contributed by atoms with Gasteiger partial charge in [-0.1, -0.05) is 20.8 Å². The summed E-state index contributed by atoms with van der Waals surface area (Å²) >= 11 is 0. The van der Waals surface area contributed by atoms with Gasteiger partial charge in [-0.05, 0) is 6.92 Å². The van der Waals surface area contributed by atoms with Crippen molar-refractivity contribution in [1.29, 1.82) is 0 Å². The van der Waals surface area contributed by atoms with Crippen molar-refractivity contribution >= 4 is 5.78 Å². The van der Waals surface area contributed by atoms with Gasteiger partial charge in [-0.15, -0.1) is 5.10 Å². The lowest BCUT2D eigenvalue weighted by Crippen LogP contribution is -2.20. The third-order valence-corrected chi connectivity index (χ3v) is 2.00. The summed E-state index contributed by atoms with van der Waals surface area (Å²) in [5, 5.41) is 4.11. The van der Waals surface area contributed by atoms with Crippen LogP contribution in [0.15, 0.2) is 6.20 Å². The fraction of sp³-hybridized carbons (Fsp3) is 0.636. The van der Waals surface area contributed by atoms with Gasteiger partial charge in [-0.2, -0.15) is 0 Å². The molecule has 0 atom stereocenters. The second-order valence-electron chi connectivity index (χ2n) is 4.53. The molecule has 4 nitrogen and oxygen atoms in total. The van der Waals surface area contributed by atoms with Crippen molar-refractivity contribution in [1.82, 2.24) is 9.78 Å². The lowest BCUT2D eigenvalue weighted by Gasteiger charge is -2.15. The summed E-state index contributed by atoms with van der Waals surface area (Å²) in [6.07, 6.45) is 1.71. The van der Waals surface area contributed by atoms with E-state index in [1.54, 1.807) is 17.9 Å². The summed E-state index contributed by atoms with van der Waals surface area (Å²) in [7, 11) is 1.78. The van der Waals surface area contributed by atoms with E-state index in [9.17, 15) is 4.79 Å². The number of aromatic nitrogens is 2. The normalized spacial score (nSPS) is 11.5. The molecule has 1 heterocycles. The highest BCUT2D eigenvalue weighted by Gasteiger charge is 2.27. The van der Waals surface area contributed by atoms with Crippen LogP contribution in [-0.2, 0) is 7.05 Å². The summed E-state index contributed by atoms with van der Waals surface area (Å²) in [5.74, 6) is 0.485. The minimum Gasteiger partial charge on any atom is -0.476 e. The van der Waals surface area contributed by atoms with E-state index in [1.807, 2.05) is 27.7 Å². The second-order valence-corrected chi connectivity index (χ2v) is 4.53. The van der Waals surface area contributed by atoms with E-state index in [0.29, 0.717) is 18.1 Å². The smallest absolute Gasteiger partial charge is 0.243 e. The van der Waals surface area contributed by atoms with Crippen LogP contribution in [0.5, 0.6) is 5.88 Å². The number of ketones is 1. The molecule has 0 aromatic carbocycles. The van der Waals surface area contributed by atoms with Gasteiger partial charge in [-0.3, -0.25) is 9.48 Å². The Hall–Kier alpha value is -1.32. The van der Waals surface area contributed by atoms with Gasteiger partial charge < -0.3 is 4.74 Å². The van der Waals surface area contributed by atoms with Crippen LogP contribution >= 0.6 is 0 Å². The molecule has 0 radical (unpaired) electrons. The molecule has 0 saturated carbocycles. The monoisotopic (exact) mass is 210 g/mol. The van der Waals surface area contributed by atoms with Crippen molar-refractivity contribution in [2.24, 2.45) is 12.5 Å². The van der Waals surface area contributed by atoms with E-state index >= 15 is 0 Å². The summed E-state index contributed by atoms with van der Waals surface area (Å²) in [5.41, 5.74) is 0.154. The predicted octanol–water partition coefficient (Wildman–Crippen LogP) is 2.05. The number of ether oxygens (including phenoxy) is 1. The lowest BCUT2D eigenvalue weighted by atomic mass is 9.87. The second kappa shape index (κ2) is 4.04. The van der Waals surface area contributed by atoms with Crippen LogP contribution in [0.3, 0.4) is 0 Å². The van der Waals surface area contributed by atoms with Crippen LogP contribution in [0.25, 0.3) is 0 Å². The first-order chi connectivity index (χ1) is 6.86. The fourth-order valence-corrected chi connectivity index (χ4v) is 1.27. The number of hydrogen-bond donors (Lipinski definition) is 0. The molecule has 0 N–H and O–H groups in total. The Balaban J connectivity index is 3.07. The quantitative estimate of drug-likeness (QED) is 0.717. The van der Waals surface area contributed by atoms with Crippen molar-refractivity contribution in [3.63, 3.8) is 0 Å². The Morgan fingerprint density at radius 2 is 2.13 bits per heavy atom. The zero-order valence-electron chi connectivity index (χ0n) is 10.00. The molecule has 0 aliphatic carbocycles. The van der Waals surface area contributed by atoms with E-state index in [0.717, 1.165) is 0 Å². The largest absolute Gasteiger partial charge is 0.476 e. The first-order valence-corrected chi connectivity index (χ1v) is 5.07. The number of nitrogens with zero attached hydrogens (tertiary/aromatic N) is 2. The van der Waals surface area contributed by atoms with Gasteiger partial charge in [0.05, 0.1) is 12.2 Å². The number of carbonyl (C=O) groups is 1. The van der Waals surface area contributed by atoms with Crippen LogP contribution in [0.2, 0.25) is 0 Å². The molecular weight excluding hydrogens is 192 g/mol. The van der Waals surface area contributed by atoms with Crippen LogP contribution in [0.1, 0.15) is 38.1 Å². The maximum Gasteiger partial charge on any atom is 0.243 e. The summed E-state index contributed by atoms with van der Waals surface area (Å²) in [6.45, 7) is 8.05. The maximum atomic E-state index is 12.0. The van der Waals surface area contributed by atoms with Crippen molar-refractivity contribution in [2.45, 2.75) is 27.7 Å². The minimum atomic E-state index is -0.408. The molecule has 0 unspecified atom stereocenters. The highest BCUT2D eigenvalue weighted by atomic mass is 16.5. The molecule has 0 bridgehead atoms. The van der Waals surface area contributed by atoms with Gasteiger partial charge in [0, 0.05) is 18.7 Å². The Labute approximate surface area is 90.2 Å². The van der Waals surface area contributed by atoms with E-state index in [-0.39, 0.29) is 5.78 Å². The van der Waals surface area contributed by atoms with E-state index in [2.05, 4.69) is 5.10 Å². The lowest BCUT2D eigenvalue weighted by molar-refractivity contribution is 0.0854. The molecule has 0 spiro atoms. The number of carbonyl (C=O) groups excluding carboxylic acids is 1. The molecule has 0 amide bonds. The molecule has 0 aliphatic heterocycles. The van der Waals surface area contributed by atoms with Gasteiger partial charge in [0.1, 0.15) is 0 Å². The van der Waals surface area contributed by atoms with Crippen LogP contribution in [-0.4, -0.2) is 22.2 Å². The standard InChI is InChI=1S/C11H18N2O2/c1-6-15-10-8(7-13(5)12-10)9(14)11(2,3)4/h7H,6H2,1-5H3. The van der Waals surface area contributed by atoms with E-state index in [1.165, 1.54) is 0 Å². The SMILES string of the molecule is CCOc1nn(C)cc1C(=O)C(C)(C)C. The van der Waals surface area contributed by atoms with Gasteiger partial charge >= 0.3 is 0 Å². The third kappa shape index (κ3) is 2.58. The van der Waals surface area contributed by atoms with Crippen molar-refractivity contribution in [3.05, 3.63) is 11.8 Å². The molecule has 84 valence electrons. The Morgan fingerprint density at radius 3 is 2.60 bits per heavy atom. The van der Waals surface area contributed by atoms with E-state index in [4.69, 9.17) is 4.74 Å². The number of hydrogen-bond acceptors (Lipinski definition) is 3. The molecule has 1 rings (SSSR count). The van der Waals surface area contributed by atoms with Gasteiger partial charge in [0.25, 0.3) is 0 Å². The number of aryl methyl sites for hydroxylation is 1. The molecule has 0 aliphatic rings. The summed E-state index contributed by atoms with van der Waals surface area (Å²) in [4.78, 5) is 12.0. The molecule has 0 fully saturated rings. The van der Waals surface area contributed by atoms with Crippen LogP contribution in [0, 0.1) is 5.41 Å². The van der Waals surface area contributed by atoms with Crippen molar-refractivity contribution in [3.8, 4) is 5.88 Å². The third-order valence-electron chi connectivity index (χ3n) is 2.00. The molecule has 1 aromatic rings. The average Bonchev–Trinajstić information content (AvgIpc) is 2.44. The Morgan fingerprint density at radius 1 is 1.53 bits per heavy atom. The van der Waals surface area contributed by atoms with Gasteiger partial charge in [0.15, 0.2) is 5.78 Å². The molecule has 15 heavy (non-hydrogen) atoms. The molecular formula is C11H18N2O2. The van der Waals surface area contributed by atoms with Crippen molar-refractivity contribution in [2.75, 3.05) is 6.61 Å². The molecule has 0 saturated heterocycles. The van der Waals surface area contributed by atoms with Gasteiger partial charge in [0.2, 0.25) is 5.88 Å². The Bertz CT molecular complexity index is 361. The molecule has 1 aromatic heterocycles. The summed E-state index contributed by atoms with van der Waals surface area (Å²) in [6, 6.07) is 0. The molecule has 4 heteroatoms. The zero-order valence-corrected chi connectivity index (χ0v) is 10.00. The number of Topliss-reactive ketones (excluding diaryl/α,β-unsaturated/α-hetero) is 1. The van der Waals surface area contributed by atoms with E-state index < -0.39 is 5.41 Å². The fourth-order valence-electron chi connectivity index (χ4n) is 1.27. The predicted molar refractivity (Wildman–Crippen MR) is 58.2 cm³/mol. The van der Waals surface area contributed by atoms with Gasteiger partial charge in [-0.25, -0.2) is 0 Å². The zero-order chi connectivity index (χ0) is 11.6. The first-order valence-electron chi connectivity index (χ1n) is 5.07. The summed E-state index contributed by atoms with van der Waals surface area (Å²) < 4.78 is 6.92. The van der Waals surface area contributed by atoms with Crippen LogP contribution in [0.4, 0.5) is 0 Å². The maximum absolute atomic E-state index is 12.0.